The van der Waals surface area contributed by atoms with E-state index in [0.29, 0.717) is 25.1 Å². The number of piperidine rings is 1. The first kappa shape index (κ1) is 24.1. The number of rotatable bonds is 6. The minimum atomic E-state index is -0.565. The van der Waals surface area contributed by atoms with E-state index in [1.54, 1.807) is 6.20 Å². The Morgan fingerprint density at radius 2 is 2.11 bits per heavy atom. The van der Waals surface area contributed by atoms with Crippen LogP contribution in [0.5, 0.6) is 5.88 Å². The van der Waals surface area contributed by atoms with E-state index in [2.05, 4.69) is 30.5 Å². The number of hydrogen-bond donors (Lipinski definition) is 2. The molecule has 4 heterocycles. The van der Waals surface area contributed by atoms with Crippen LogP contribution in [0, 0.1) is 18.7 Å². The number of pyridine rings is 1. The quantitative estimate of drug-likeness (QED) is 0.518. The predicted molar refractivity (Wildman–Crippen MR) is 128 cm³/mol. The van der Waals surface area contributed by atoms with Gasteiger partial charge in [-0.1, -0.05) is 11.6 Å². The first-order valence-corrected chi connectivity index (χ1v) is 12.0. The number of ether oxygens (including phenoxy) is 1. The van der Waals surface area contributed by atoms with Gasteiger partial charge >= 0.3 is 0 Å². The minimum Gasteiger partial charge on any atom is -0.481 e. The number of nitrogens with zero attached hydrogens (tertiary/aromatic N) is 5. The monoisotopic (exact) mass is 513 g/mol. The van der Waals surface area contributed by atoms with Gasteiger partial charge in [0.05, 0.1) is 36.9 Å². The Morgan fingerprint density at radius 1 is 1.31 bits per heavy atom. The highest BCUT2D eigenvalue weighted by Gasteiger charge is 2.54. The van der Waals surface area contributed by atoms with Gasteiger partial charge in [-0.25, -0.2) is 14.4 Å². The summed E-state index contributed by atoms with van der Waals surface area (Å²) in [5, 5.41) is 10.1. The van der Waals surface area contributed by atoms with Crippen molar-refractivity contribution in [3.63, 3.8) is 0 Å². The highest BCUT2D eigenvalue weighted by molar-refractivity contribution is 6.30. The zero-order chi connectivity index (χ0) is 25.4. The van der Waals surface area contributed by atoms with Crippen molar-refractivity contribution in [2.75, 3.05) is 13.7 Å². The van der Waals surface area contributed by atoms with Crippen molar-refractivity contribution in [3.8, 4) is 17.1 Å². The first-order valence-electron chi connectivity index (χ1n) is 11.6. The van der Waals surface area contributed by atoms with Gasteiger partial charge in [-0.15, -0.1) is 0 Å². The molecule has 1 aliphatic heterocycles. The minimum absolute atomic E-state index is 0.0846. The normalized spacial score (nSPS) is 18.2. The van der Waals surface area contributed by atoms with Gasteiger partial charge < -0.3 is 15.0 Å². The van der Waals surface area contributed by atoms with Gasteiger partial charge in [0.1, 0.15) is 5.69 Å². The molecule has 3 aromatic rings. The summed E-state index contributed by atoms with van der Waals surface area (Å²) in [6.07, 6.45) is 5.39. The van der Waals surface area contributed by atoms with Crippen LogP contribution in [0.25, 0.3) is 11.3 Å². The van der Waals surface area contributed by atoms with Crippen molar-refractivity contribution < 1.29 is 18.7 Å². The number of halogens is 2. The number of H-pyrrole nitrogens is 1. The summed E-state index contributed by atoms with van der Waals surface area (Å²) in [5.74, 6) is -0.836. The molecule has 36 heavy (non-hydrogen) atoms. The summed E-state index contributed by atoms with van der Waals surface area (Å²) in [7, 11) is 1.44. The Hall–Kier alpha value is -3.60. The molecule has 188 valence electrons. The molecule has 0 aromatic carbocycles. The molecule has 0 radical (unpaired) electrons. The number of likely N-dealkylation sites (tertiary alicyclic amines) is 1. The Morgan fingerprint density at radius 3 is 2.86 bits per heavy atom. The number of carbonyl (C=O) groups is 2. The highest BCUT2D eigenvalue weighted by atomic mass is 35.5. The summed E-state index contributed by atoms with van der Waals surface area (Å²) >= 11 is 6.09. The molecule has 2 aliphatic rings. The number of hydrogen-bond acceptors (Lipinski definition) is 7. The van der Waals surface area contributed by atoms with Gasteiger partial charge in [0, 0.05) is 35.8 Å². The average Bonchev–Trinajstić information content (AvgIpc) is 3.45. The van der Waals surface area contributed by atoms with E-state index >= 15 is 0 Å². The molecule has 10 nitrogen and oxygen atoms in total. The Balaban J connectivity index is 1.25. The zero-order valence-corrected chi connectivity index (χ0v) is 20.6. The molecular weight excluding hydrogens is 489 g/mol. The van der Waals surface area contributed by atoms with Crippen molar-refractivity contribution in [2.45, 2.75) is 44.7 Å². The molecule has 5 rings (SSSR count). The van der Waals surface area contributed by atoms with E-state index in [1.807, 2.05) is 11.8 Å². The lowest BCUT2D eigenvalue weighted by molar-refractivity contribution is -0.127. The van der Waals surface area contributed by atoms with Crippen molar-refractivity contribution in [3.05, 3.63) is 52.6 Å². The van der Waals surface area contributed by atoms with Crippen LogP contribution >= 0.6 is 11.6 Å². The van der Waals surface area contributed by atoms with Gasteiger partial charge in [0.2, 0.25) is 11.8 Å². The fraction of sp³-hybridized carbons (Fsp3) is 0.417. The molecule has 1 spiro atoms. The van der Waals surface area contributed by atoms with Crippen LogP contribution in [0.1, 0.15) is 47.6 Å². The van der Waals surface area contributed by atoms with Gasteiger partial charge in [-0.2, -0.15) is 5.10 Å². The highest BCUT2D eigenvalue weighted by Crippen LogP contribution is 2.50. The van der Waals surface area contributed by atoms with Crippen molar-refractivity contribution >= 4 is 23.4 Å². The Kier molecular flexibility index (Phi) is 6.33. The lowest BCUT2D eigenvalue weighted by Gasteiger charge is -2.39. The van der Waals surface area contributed by atoms with Crippen LogP contribution in [0.15, 0.2) is 24.5 Å². The van der Waals surface area contributed by atoms with E-state index in [9.17, 15) is 14.0 Å². The number of aryl methyl sites for hydroxylation is 1. The molecule has 1 saturated carbocycles. The fourth-order valence-electron chi connectivity index (χ4n) is 4.73. The summed E-state index contributed by atoms with van der Waals surface area (Å²) in [6.45, 7) is 2.45. The summed E-state index contributed by atoms with van der Waals surface area (Å²) < 4.78 is 19.4. The molecule has 3 aromatic heterocycles. The second-order valence-corrected chi connectivity index (χ2v) is 9.57. The molecule has 2 N–H and O–H groups in total. The first-order chi connectivity index (χ1) is 17.3. The Labute approximate surface area is 211 Å². The number of aromatic amines is 1. The third kappa shape index (κ3) is 4.62. The van der Waals surface area contributed by atoms with Crippen molar-refractivity contribution in [2.24, 2.45) is 5.92 Å². The van der Waals surface area contributed by atoms with Crippen LogP contribution < -0.4 is 10.1 Å². The van der Waals surface area contributed by atoms with Crippen LogP contribution in [0.2, 0.25) is 5.15 Å². The van der Waals surface area contributed by atoms with Crippen molar-refractivity contribution in [1.82, 2.24) is 35.4 Å². The molecule has 0 bridgehead atoms. The van der Waals surface area contributed by atoms with Crippen LogP contribution in [-0.2, 0) is 11.3 Å². The van der Waals surface area contributed by atoms with E-state index < -0.39 is 5.82 Å². The molecule has 1 saturated heterocycles. The van der Waals surface area contributed by atoms with E-state index in [0.717, 1.165) is 24.7 Å². The fourth-order valence-corrected chi connectivity index (χ4v) is 4.89. The molecule has 2 fully saturated rings. The second-order valence-electron chi connectivity index (χ2n) is 9.21. The van der Waals surface area contributed by atoms with Gasteiger partial charge in [0.25, 0.3) is 5.91 Å². The number of nitrogens with one attached hydrogen (secondary N) is 2. The smallest absolute Gasteiger partial charge is 0.272 e. The summed E-state index contributed by atoms with van der Waals surface area (Å²) in [5.41, 5.74) is 1.63. The lowest BCUT2D eigenvalue weighted by atomic mass is 9.88. The van der Waals surface area contributed by atoms with Gasteiger partial charge in [-0.3, -0.25) is 19.7 Å². The lowest BCUT2D eigenvalue weighted by Crippen LogP contribution is -2.50. The standard InChI is InChI=1S/C24H25ClFN7O3/c1-13-10-28-21(25)19(30-13)12-29-22(34)14-3-6-33(24(9-14)4-5-24)23(35)18-8-17(31-32-18)15-7-20(36-2)27-11-16(15)26/h7-8,10-11,14H,3-6,9,12H2,1-2H3,(H,29,34)(H,31,32). The SMILES string of the molecule is COc1cc(-c2cc(C(=O)N3CCC(C(=O)NCc4nc(C)cnc4Cl)CC34CC4)[nH]n2)c(F)cn1. The third-order valence-corrected chi connectivity index (χ3v) is 7.13. The number of amides is 2. The average molecular weight is 514 g/mol. The largest absolute Gasteiger partial charge is 0.481 e. The molecule has 1 atom stereocenters. The van der Waals surface area contributed by atoms with Crippen LogP contribution in [-0.4, -0.2) is 61.1 Å². The summed E-state index contributed by atoms with van der Waals surface area (Å²) in [6, 6.07) is 2.96. The maximum atomic E-state index is 14.3. The van der Waals surface area contributed by atoms with Crippen LogP contribution in [0.3, 0.4) is 0 Å². The number of methoxy groups -OCH3 is 1. The van der Waals surface area contributed by atoms with E-state index in [1.165, 1.54) is 19.2 Å². The molecule has 2 amide bonds. The Bertz CT molecular complexity index is 1330. The van der Waals surface area contributed by atoms with Gasteiger partial charge in [0.15, 0.2) is 11.0 Å². The predicted octanol–water partition coefficient (Wildman–Crippen LogP) is 3.07. The zero-order valence-electron chi connectivity index (χ0n) is 19.8. The number of aromatic nitrogens is 5. The van der Waals surface area contributed by atoms with Crippen molar-refractivity contribution in [1.29, 1.82) is 0 Å². The summed E-state index contributed by atoms with van der Waals surface area (Å²) in [4.78, 5) is 40.3. The second kappa shape index (κ2) is 9.45. The van der Waals surface area contributed by atoms with E-state index in [4.69, 9.17) is 16.3 Å². The molecule has 1 aliphatic carbocycles. The molecular formula is C24H25ClFN7O3. The number of carbonyl (C=O) groups excluding carboxylic acids is 2. The van der Waals surface area contributed by atoms with E-state index in [-0.39, 0.29) is 57.8 Å². The van der Waals surface area contributed by atoms with Crippen LogP contribution in [0.4, 0.5) is 4.39 Å². The molecule has 12 heteroatoms. The third-order valence-electron chi connectivity index (χ3n) is 6.81. The maximum absolute atomic E-state index is 14.3. The van der Waals surface area contributed by atoms with Gasteiger partial charge in [-0.05, 0) is 38.7 Å². The topological polar surface area (TPSA) is 126 Å². The molecule has 1 unspecified atom stereocenters. The maximum Gasteiger partial charge on any atom is 0.272 e.